The second kappa shape index (κ2) is 4.02. The van der Waals surface area contributed by atoms with Crippen LogP contribution in [0, 0.1) is 12.8 Å². The second-order valence-corrected chi connectivity index (χ2v) is 3.88. The van der Waals surface area contributed by atoms with Crippen molar-refractivity contribution < 1.29 is 14.3 Å². The average molecular weight is 210 g/mol. The predicted molar refractivity (Wildman–Crippen MR) is 52.3 cm³/mol. The zero-order valence-corrected chi connectivity index (χ0v) is 8.56. The molecule has 82 valence electrons. The van der Waals surface area contributed by atoms with Crippen molar-refractivity contribution in [3.63, 3.8) is 0 Å². The fraction of sp³-hybridized carbons (Fsp3) is 0.600. The molecule has 0 bridgehead atoms. The van der Waals surface area contributed by atoms with Gasteiger partial charge in [0.1, 0.15) is 5.76 Å². The van der Waals surface area contributed by atoms with Crippen LogP contribution in [0.5, 0.6) is 0 Å². The highest BCUT2D eigenvalue weighted by Gasteiger charge is 2.29. The van der Waals surface area contributed by atoms with Crippen molar-refractivity contribution in [3.05, 3.63) is 17.8 Å². The van der Waals surface area contributed by atoms with Gasteiger partial charge in [0.25, 0.3) is 0 Å². The molecule has 0 spiro atoms. The lowest BCUT2D eigenvalue weighted by Gasteiger charge is -2.25. The summed E-state index contributed by atoms with van der Waals surface area (Å²) in [7, 11) is 0. The number of aromatic nitrogens is 1. The number of nitrogens with one attached hydrogen (secondary N) is 1. The van der Waals surface area contributed by atoms with Gasteiger partial charge in [-0.3, -0.25) is 4.79 Å². The molecule has 2 atom stereocenters. The Balaban J connectivity index is 2.07. The van der Waals surface area contributed by atoms with Crippen LogP contribution in [-0.2, 0) is 4.79 Å². The monoisotopic (exact) mass is 210 g/mol. The van der Waals surface area contributed by atoms with Gasteiger partial charge in [-0.2, -0.15) is 0 Å². The van der Waals surface area contributed by atoms with Gasteiger partial charge in [0.15, 0.2) is 0 Å². The summed E-state index contributed by atoms with van der Waals surface area (Å²) in [4.78, 5) is 15.0. The molecule has 1 aromatic rings. The summed E-state index contributed by atoms with van der Waals surface area (Å²) in [6.07, 6.45) is 2.88. The standard InChI is InChI=1S/C10H14N2O3/c1-6-5-12-9(15-6)8-4-7(10(13)14)2-3-11-8/h5,7-8,11H,2-4H2,1H3,(H,13,14). The highest BCUT2D eigenvalue weighted by atomic mass is 16.4. The van der Waals surface area contributed by atoms with Gasteiger partial charge in [-0.25, -0.2) is 4.98 Å². The molecule has 0 saturated carbocycles. The number of carboxylic acids is 1. The Labute approximate surface area is 87.5 Å². The number of carbonyl (C=O) groups is 1. The van der Waals surface area contributed by atoms with E-state index in [1.165, 1.54) is 0 Å². The molecule has 2 unspecified atom stereocenters. The third-order valence-corrected chi connectivity index (χ3v) is 2.69. The van der Waals surface area contributed by atoms with Crippen molar-refractivity contribution in [2.45, 2.75) is 25.8 Å². The molecule has 0 amide bonds. The summed E-state index contributed by atoms with van der Waals surface area (Å²) in [5, 5.41) is 12.1. The fourth-order valence-electron chi connectivity index (χ4n) is 1.86. The Morgan fingerprint density at radius 1 is 1.73 bits per heavy atom. The minimum absolute atomic E-state index is 0.0615. The first-order chi connectivity index (χ1) is 7.16. The number of piperidine rings is 1. The van der Waals surface area contributed by atoms with Crippen LogP contribution in [0.15, 0.2) is 10.6 Å². The quantitative estimate of drug-likeness (QED) is 0.764. The Morgan fingerprint density at radius 3 is 3.13 bits per heavy atom. The second-order valence-electron chi connectivity index (χ2n) is 3.88. The van der Waals surface area contributed by atoms with E-state index in [1.54, 1.807) is 6.20 Å². The van der Waals surface area contributed by atoms with Crippen LogP contribution in [0.4, 0.5) is 0 Å². The predicted octanol–water partition coefficient (Wildman–Crippen LogP) is 1.11. The van der Waals surface area contributed by atoms with E-state index in [-0.39, 0.29) is 12.0 Å². The molecule has 1 aromatic heterocycles. The third-order valence-electron chi connectivity index (χ3n) is 2.69. The maximum Gasteiger partial charge on any atom is 0.306 e. The highest BCUT2D eigenvalue weighted by molar-refractivity contribution is 5.70. The van der Waals surface area contributed by atoms with Crippen molar-refractivity contribution in [1.29, 1.82) is 0 Å². The first-order valence-corrected chi connectivity index (χ1v) is 5.05. The molecule has 2 rings (SSSR count). The summed E-state index contributed by atoms with van der Waals surface area (Å²) in [6, 6.07) is -0.0615. The summed E-state index contributed by atoms with van der Waals surface area (Å²) >= 11 is 0. The number of aryl methyl sites for hydroxylation is 1. The van der Waals surface area contributed by atoms with E-state index in [1.807, 2.05) is 6.92 Å². The molecule has 0 aromatic carbocycles. The van der Waals surface area contributed by atoms with Gasteiger partial charge in [0, 0.05) is 0 Å². The molecule has 15 heavy (non-hydrogen) atoms. The van der Waals surface area contributed by atoms with E-state index >= 15 is 0 Å². The average Bonchev–Trinajstić information content (AvgIpc) is 2.65. The lowest BCUT2D eigenvalue weighted by molar-refractivity contribution is -0.143. The van der Waals surface area contributed by atoms with Gasteiger partial charge in [-0.1, -0.05) is 0 Å². The molecule has 2 heterocycles. The SMILES string of the molecule is Cc1cnc(C2CC(C(=O)O)CCN2)o1. The van der Waals surface area contributed by atoms with Crippen LogP contribution in [0.3, 0.4) is 0 Å². The number of oxazole rings is 1. The minimum atomic E-state index is -0.732. The number of carboxylic acid groups (broad SMARTS) is 1. The smallest absolute Gasteiger partial charge is 0.306 e. The van der Waals surface area contributed by atoms with Gasteiger partial charge in [-0.05, 0) is 26.3 Å². The fourth-order valence-corrected chi connectivity index (χ4v) is 1.86. The van der Waals surface area contributed by atoms with Crippen LogP contribution < -0.4 is 5.32 Å². The van der Waals surface area contributed by atoms with E-state index in [2.05, 4.69) is 10.3 Å². The Morgan fingerprint density at radius 2 is 2.53 bits per heavy atom. The lowest BCUT2D eigenvalue weighted by atomic mass is 9.92. The summed E-state index contributed by atoms with van der Waals surface area (Å²) < 4.78 is 5.38. The zero-order valence-electron chi connectivity index (χ0n) is 8.56. The van der Waals surface area contributed by atoms with Gasteiger partial charge >= 0.3 is 5.97 Å². The number of nitrogens with zero attached hydrogens (tertiary/aromatic N) is 1. The van der Waals surface area contributed by atoms with E-state index in [9.17, 15) is 4.79 Å². The van der Waals surface area contributed by atoms with E-state index in [0.29, 0.717) is 25.3 Å². The molecule has 1 aliphatic rings. The largest absolute Gasteiger partial charge is 0.481 e. The number of hydrogen-bond acceptors (Lipinski definition) is 4. The van der Waals surface area contributed by atoms with Crippen LogP contribution >= 0.6 is 0 Å². The Kier molecular flexibility index (Phi) is 2.73. The molecule has 5 heteroatoms. The molecule has 0 aliphatic carbocycles. The molecule has 2 N–H and O–H groups in total. The molecular weight excluding hydrogens is 196 g/mol. The summed E-state index contributed by atoms with van der Waals surface area (Å²) in [6.45, 7) is 2.52. The molecule has 0 radical (unpaired) electrons. The third kappa shape index (κ3) is 2.18. The first kappa shape index (κ1) is 10.2. The van der Waals surface area contributed by atoms with E-state index < -0.39 is 5.97 Å². The van der Waals surface area contributed by atoms with Crippen LogP contribution in [0.2, 0.25) is 0 Å². The molecular formula is C10H14N2O3. The maximum atomic E-state index is 10.9. The minimum Gasteiger partial charge on any atom is -0.481 e. The number of aliphatic carboxylic acids is 1. The topological polar surface area (TPSA) is 75.4 Å². The van der Waals surface area contributed by atoms with E-state index in [0.717, 1.165) is 5.76 Å². The Bertz CT molecular complexity index is 361. The molecule has 1 saturated heterocycles. The van der Waals surface area contributed by atoms with Crippen LogP contribution in [0.1, 0.15) is 30.5 Å². The normalized spacial score (nSPS) is 26.5. The molecule has 5 nitrogen and oxygen atoms in total. The first-order valence-electron chi connectivity index (χ1n) is 5.05. The zero-order chi connectivity index (χ0) is 10.8. The van der Waals surface area contributed by atoms with Gasteiger partial charge in [0.05, 0.1) is 18.2 Å². The van der Waals surface area contributed by atoms with Crippen molar-refractivity contribution in [2.75, 3.05) is 6.54 Å². The lowest BCUT2D eigenvalue weighted by Crippen LogP contribution is -2.35. The van der Waals surface area contributed by atoms with E-state index in [4.69, 9.17) is 9.52 Å². The maximum absolute atomic E-state index is 10.9. The molecule has 1 fully saturated rings. The van der Waals surface area contributed by atoms with Gasteiger partial charge < -0.3 is 14.8 Å². The van der Waals surface area contributed by atoms with Crippen LogP contribution in [-0.4, -0.2) is 22.6 Å². The Hall–Kier alpha value is -1.36. The number of hydrogen-bond donors (Lipinski definition) is 2. The highest BCUT2D eigenvalue weighted by Crippen LogP contribution is 2.26. The van der Waals surface area contributed by atoms with Gasteiger partial charge in [-0.15, -0.1) is 0 Å². The van der Waals surface area contributed by atoms with Crippen molar-refractivity contribution in [2.24, 2.45) is 5.92 Å². The number of rotatable bonds is 2. The summed E-state index contributed by atoms with van der Waals surface area (Å²) in [5.74, 6) is 0.330. The van der Waals surface area contributed by atoms with Crippen LogP contribution in [0.25, 0.3) is 0 Å². The molecule has 1 aliphatic heterocycles. The van der Waals surface area contributed by atoms with Crippen molar-refractivity contribution in [3.8, 4) is 0 Å². The van der Waals surface area contributed by atoms with Crippen molar-refractivity contribution >= 4 is 5.97 Å². The van der Waals surface area contributed by atoms with Gasteiger partial charge in [0.2, 0.25) is 5.89 Å². The summed E-state index contributed by atoms with van der Waals surface area (Å²) in [5.41, 5.74) is 0. The van der Waals surface area contributed by atoms with Crippen molar-refractivity contribution in [1.82, 2.24) is 10.3 Å².